The number of para-hydroxylation sites is 1. The van der Waals surface area contributed by atoms with Gasteiger partial charge in [0.05, 0.1) is 17.4 Å². The third kappa shape index (κ3) is 2.67. The molecule has 1 fully saturated rings. The molecule has 1 saturated heterocycles. The molecule has 94 valence electrons. The number of ether oxygens (including phenoxy) is 1. The van der Waals surface area contributed by atoms with Gasteiger partial charge in [-0.05, 0) is 25.0 Å². The van der Waals surface area contributed by atoms with Gasteiger partial charge >= 0.3 is 0 Å². The number of nitrogens with one attached hydrogen (secondary N) is 1. The Kier molecular flexibility index (Phi) is 3.92. The summed E-state index contributed by atoms with van der Waals surface area (Å²) in [5.74, 6) is -0.214. The summed E-state index contributed by atoms with van der Waals surface area (Å²) in [7, 11) is 0. The zero-order chi connectivity index (χ0) is 13.0. The number of nitriles is 1. The van der Waals surface area contributed by atoms with Crippen LogP contribution in [0.5, 0.6) is 0 Å². The van der Waals surface area contributed by atoms with E-state index in [4.69, 9.17) is 15.7 Å². The molecule has 1 aliphatic rings. The van der Waals surface area contributed by atoms with Gasteiger partial charge in [-0.2, -0.15) is 5.26 Å². The van der Waals surface area contributed by atoms with Crippen LogP contribution in [0, 0.1) is 11.3 Å². The van der Waals surface area contributed by atoms with Crippen molar-refractivity contribution in [1.29, 1.82) is 5.26 Å². The number of rotatable bonds is 3. The molecule has 0 aromatic heterocycles. The molecule has 2 atom stereocenters. The van der Waals surface area contributed by atoms with Gasteiger partial charge in [-0.1, -0.05) is 12.1 Å². The first kappa shape index (κ1) is 12.6. The van der Waals surface area contributed by atoms with Crippen LogP contribution >= 0.6 is 0 Å². The number of carbonyl (C=O) groups excluding carboxylic acids is 1. The minimum atomic E-state index is -0.467. The fourth-order valence-corrected chi connectivity index (χ4v) is 1.97. The summed E-state index contributed by atoms with van der Waals surface area (Å²) in [4.78, 5) is 12.0. The molecule has 5 nitrogen and oxygen atoms in total. The Morgan fingerprint density at radius 1 is 1.50 bits per heavy atom. The highest BCUT2D eigenvalue weighted by molar-refractivity contribution is 5.95. The molecule has 0 spiro atoms. The number of anilines is 1. The number of hydrogen-bond acceptors (Lipinski definition) is 4. The first-order valence-electron chi connectivity index (χ1n) is 5.90. The molecule has 1 aromatic rings. The summed E-state index contributed by atoms with van der Waals surface area (Å²) < 4.78 is 5.50. The van der Waals surface area contributed by atoms with Crippen LogP contribution in [0.3, 0.4) is 0 Å². The lowest BCUT2D eigenvalue weighted by Crippen LogP contribution is -2.30. The van der Waals surface area contributed by atoms with Gasteiger partial charge in [0.1, 0.15) is 12.2 Å². The quantitative estimate of drug-likeness (QED) is 0.831. The lowest BCUT2D eigenvalue weighted by atomic mass is 10.1. The lowest BCUT2D eigenvalue weighted by molar-refractivity contribution is -0.126. The predicted molar refractivity (Wildman–Crippen MR) is 66.7 cm³/mol. The zero-order valence-electron chi connectivity index (χ0n) is 9.93. The zero-order valence-corrected chi connectivity index (χ0v) is 9.93. The summed E-state index contributed by atoms with van der Waals surface area (Å²) >= 11 is 0. The van der Waals surface area contributed by atoms with Crippen molar-refractivity contribution in [3.8, 4) is 6.07 Å². The van der Waals surface area contributed by atoms with Crippen molar-refractivity contribution < 1.29 is 9.53 Å². The highest BCUT2D eigenvalue weighted by Gasteiger charge is 2.30. The normalized spacial score (nSPS) is 22.4. The summed E-state index contributed by atoms with van der Waals surface area (Å²) in [5, 5.41) is 11.6. The van der Waals surface area contributed by atoms with E-state index in [2.05, 4.69) is 5.32 Å². The van der Waals surface area contributed by atoms with Crippen LogP contribution in [0.15, 0.2) is 24.3 Å². The molecule has 1 aliphatic heterocycles. The Balaban J connectivity index is 2.02. The number of nitrogens with two attached hydrogens (primary N) is 1. The Bertz CT molecular complexity index is 481. The van der Waals surface area contributed by atoms with Crippen molar-refractivity contribution in [3.05, 3.63) is 29.8 Å². The van der Waals surface area contributed by atoms with E-state index in [1.165, 1.54) is 0 Å². The summed E-state index contributed by atoms with van der Waals surface area (Å²) in [6.45, 7) is 0.429. The molecule has 3 N–H and O–H groups in total. The summed E-state index contributed by atoms with van der Waals surface area (Å²) in [6, 6.07) is 8.92. The van der Waals surface area contributed by atoms with Gasteiger partial charge in [-0.15, -0.1) is 0 Å². The topological polar surface area (TPSA) is 88.1 Å². The second-order valence-electron chi connectivity index (χ2n) is 4.21. The van der Waals surface area contributed by atoms with Crippen LogP contribution in [0.4, 0.5) is 5.69 Å². The fourth-order valence-electron chi connectivity index (χ4n) is 1.97. The average Bonchev–Trinajstić information content (AvgIpc) is 2.88. The maximum absolute atomic E-state index is 12.0. The minimum absolute atomic E-state index is 0.0352. The Morgan fingerprint density at radius 3 is 2.94 bits per heavy atom. The summed E-state index contributed by atoms with van der Waals surface area (Å²) in [5.41, 5.74) is 6.46. The van der Waals surface area contributed by atoms with Crippen LogP contribution in [0.2, 0.25) is 0 Å². The van der Waals surface area contributed by atoms with Crippen molar-refractivity contribution in [2.45, 2.75) is 25.0 Å². The van der Waals surface area contributed by atoms with E-state index in [9.17, 15) is 4.79 Å². The first-order chi connectivity index (χ1) is 8.74. The van der Waals surface area contributed by atoms with Crippen molar-refractivity contribution in [2.75, 3.05) is 11.9 Å². The van der Waals surface area contributed by atoms with E-state index >= 15 is 0 Å². The number of amides is 1. The second-order valence-corrected chi connectivity index (χ2v) is 4.21. The molecule has 1 amide bonds. The van der Waals surface area contributed by atoms with Crippen LogP contribution in [-0.4, -0.2) is 24.7 Å². The van der Waals surface area contributed by atoms with Gasteiger partial charge in [0.2, 0.25) is 0 Å². The average molecular weight is 245 g/mol. The minimum Gasteiger partial charge on any atom is -0.364 e. The van der Waals surface area contributed by atoms with E-state index in [-0.39, 0.29) is 12.0 Å². The van der Waals surface area contributed by atoms with E-state index in [0.29, 0.717) is 24.2 Å². The monoisotopic (exact) mass is 245 g/mol. The van der Waals surface area contributed by atoms with E-state index < -0.39 is 6.10 Å². The van der Waals surface area contributed by atoms with Crippen molar-refractivity contribution >= 4 is 11.6 Å². The number of carbonyl (C=O) groups is 1. The molecule has 18 heavy (non-hydrogen) atoms. The highest BCUT2D eigenvalue weighted by Crippen LogP contribution is 2.21. The van der Waals surface area contributed by atoms with E-state index in [1.54, 1.807) is 24.3 Å². The molecule has 0 bridgehead atoms. The predicted octanol–water partition coefficient (Wildman–Crippen LogP) is 1.00. The van der Waals surface area contributed by atoms with Gasteiger partial charge < -0.3 is 15.8 Å². The van der Waals surface area contributed by atoms with Gasteiger partial charge in [-0.3, -0.25) is 4.79 Å². The number of hydrogen-bond donors (Lipinski definition) is 2. The van der Waals surface area contributed by atoms with Gasteiger partial charge in [-0.25, -0.2) is 0 Å². The third-order valence-corrected chi connectivity index (χ3v) is 2.97. The molecule has 0 aliphatic carbocycles. The smallest absolute Gasteiger partial charge is 0.253 e. The van der Waals surface area contributed by atoms with Crippen LogP contribution in [-0.2, 0) is 9.53 Å². The Hall–Kier alpha value is -1.90. The van der Waals surface area contributed by atoms with Crippen LogP contribution in [0.25, 0.3) is 0 Å². The largest absolute Gasteiger partial charge is 0.364 e. The molecule has 1 heterocycles. The number of benzene rings is 1. The molecule has 2 unspecified atom stereocenters. The van der Waals surface area contributed by atoms with Crippen molar-refractivity contribution in [3.63, 3.8) is 0 Å². The van der Waals surface area contributed by atoms with Crippen LogP contribution in [0.1, 0.15) is 18.4 Å². The molecule has 0 radical (unpaired) electrons. The van der Waals surface area contributed by atoms with Crippen molar-refractivity contribution in [1.82, 2.24) is 0 Å². The van der Waals surface area contributed by atoms with E-state index in [0.717, 1.165) is 6.42 Å². The molecular weight excluding hydrogens is 230 g/mol. The molecule has 0 saturated carbocycles. The van der Waals surface area contributed by atoms with Crippen molar-refractivity contribution in [2.24, 2.45) is 5.73 Å². The van der Waals surface area contributed by atoms with Gasteiger partial charge in [0, 0.05) is 6.54 Å². The number of nitrogens with zero attached hydrogens (tertiary/aromatic N) is 1. The molecular formula is C13H15N3O2. The maximum Gasteiger partial charge on any atom is 0.253 e. The first-order valence-corrected chi connectivity index (χ1v) is 5.90. The summed E-state index contributed by atoms with van der Waals surface area (Å²) in [6.07, 6.45) is 0.967. The third-order valence-electron chi connectivity index (χ3n) is 2.97. The van der Waals surface area contributed by atoms with Crippen LogP contribution < -0.4 is 11.1 Å². The Morgan fingerprint density at radius 2 is 2.28 bits per heavy atom. The Labute approximate surface area is 106 Å². The SMILES string of the molecule is N#Cc1ccccc1NC(=O)C1CCC(CN)O1. The van der Waals surface area contributed by atoms with Gasteiger partial charge in [0.25, 0.3) is 5.91 Å². The molecule has 5 heteroatoms. The van der Waals surface area contributed by atoms with Gasteiger partial charge in [0.15, 0.2) is 0 Å². The maximum atomic E-state index is 12.0. The highest BCUT2D eigenvalue weighted by atomic mass is 16.5. The lowest BCUT2D eigenvalue weighted by Gasteiger charge is -2.13. The second kappa shape index (κ2) is 5.63. The molecule has 2 rings (SSSR count). The molecule has 1 aromatic carbocycles. The fraction of sp³-hybridized carbons (Fsp3) is 0.385. The standard InChI is InChI=1S/C13H15N3O2/c14-7-9-3-1-2-4-11(9)16-13(17)12-6-5-10(8-15)18-12/h1-4,10,12H,5-6,8,15H2,(H,16,17). The van der Waals surface area contributed by atoms with E-state index in [1.807, 2.05) is 6.07 Å².